The molecule has 2 saturated heterocycles. The Morgan fingerprint density at radius 3 is 2.63 bits per heavy atom. The van der Waals surface area contributed by atoms with Crippen molar-refractivity contribution in [1.82, 2.24) is 9.62 Å². The van der Waals surface area contributed by atoms with Gasteiger partial charge < -0.3 is 29.4 Å². The van der Waals surface area contributed by atoms with Gasteiger partial charge in [0.05, 0.1) is 29.8 Å². The molecule has 0 aromatic heterocycles. The highest BCUT2D eigenvalue weighted by atomic mass is 32.2. The average molecular weight is 615 g/mol. The molecule has 2 aromatic rings. The zero-order chi connectivity index (χ0) is 30.2. The van der Waals surface area contributed by atoms with Crippen LogP contribution in [0.1, 0.15) is 57.9 Å². The van der Waals surface area contributed by atoms with E-state index < -0.39 is 29.2 Å². The third-order valence-electron chi connectivity index (χ3n) is 8.35. The molecule has 0 spiro atoms. The molecule has 2 aliphatic heterocycles. The molecule has 2 aromatic carbocycles. The maximum Gasteiger partial charge on any atom is 0.407 e. The van der Waals surface area contributed by atoms with Crippen LogP contribution >= 0.6 is 0 Å². The minimum Gasteiger partial charge on any atom is -0.465 e. The van der Waals surface area contributed by atoms with Gasteiger partial charge >= 0.3 is 6.09 Å². The van der Waals surface area contributed by atoms with Gasteiger partial charge in [-0.15, -0.1) is 0 Å². The molecule has 9 nitrogen and oxygen atoms in total. The first-order valence-electron chi connectivity index (χ1n) is 15.7. The van der Waals surface area contributed by atoms with E-state index >= 15 is 0 Å². The quantitative estimate of drug-likeness (QED) is 0.333. The Labute approximate surface area is 257 Å². The summed E-state index contributed by atoms with van der Waals surface area (Å²) in [6.07, 6.45) is 3.97. The lowest BCUT2D eigenvalue weighted by Gasteiger charge is -2.30. The number of benzene rings is 2. The van der Waals surface area contributed by atoms with Crippen LogP contribution in [-0.4, -0.2) is 76.7 Å². The molecule has 5 rings (SSSR count). The van der Waals surface area contributed by atoms with Crippen LogP contribution in [0.4, 0.5) is 4.79 Å². The third kappa shape index (κ3) is 9.25. The van der Waals surface area contributed by atoms with Crippen LogP contribution in [0.3, 0.4) is 0 Å². The fourth-order valence-electron chi connectivity index (χ4n) is 6.21. The zero-order valence-electron chi connectivity index (χ0n) is 25.3. The highest BCUT2D eigenvalue weighted by molar-refractivity contribution is 7.82. The van der Waals surface area contributed by atoms with Gasteiger partial charge in [-0.2, -0.15) is 0 Å². The monoisotopic (exact) mass is 614 g/mol. The molecule has 1 saturated carbocycles. The lowest BCUT2D eigenvalue weighted by molar-refractivity contribution is -0.106. The number of carbonyl (C=O) groups is 1. The van der Waals surface area contributed by atoms with Crippen LogP contribution in [0, 0.1) is 11.8 Å². The predicted octanol–water partition coefficient (Wildman–Crippen LogP) is 4.84. The first kappa shape index (κ1) is 31.9. The molecule has 43 heavy (non-hydrogen) atoms. The van der Waals surface area contributed by atoms with Crippen molar-refractivity contribution < 1.29 is 33.1 Å². The van der Waals surface area contributed by atoms with Gasteiger partial charge in [-0.1, -0.05) is 50.2 Å². The number of rotatable bonds is 13. The van der Waals surface area contributed by atoms with Crippen LogP contribution in [0.2, 0.25) is 0 Å². The molecular weight excluding hydrogens is 568 g/mol. The van der Waals surface area contributed by atoms with Crippen LogP contribution in [0.5, 0.6) is 5.75 Å². The minimum absolute atomic E-state index is 0.0980. The topological polar surface area (TPSA) is 107 Å². The van der Waals surface area contributed by atoms with Crippen molar-refractivity contribution in [1.29, 1.82) is 0 Å². The molecule has 0 radical (unpaired) electrons. The largest absolute Gasteiger partial charge is 0.465 e. The summed E-state index contributed by atoms with van der Waals surface area (Å²) in [4.78, 5) is 13.6. The molecule has 3 fully saturated rings. The van der Waals surface area contributed by atoms with Crippen LogP contribution < -0.4 is 10.1 Å². The van der Waals surface area contributed by atoms with E-state index in [1.54, 1.807) is 10.4 Å². The Bertz CT molecular complexity index is 1180. The SMILES string of the molecule is CC(C)CN(C[C@@H](O)[C@H](Cc1ccccc1)NC(=O)OC1C[C@@H]2CCO[C@@H]2C1)S(=O)c1cccc(OC2CCCCO2)c1. The number of hydrogen-bond acceptors (Lipinski definition) is 7. The summed E-state index contributed by atoms with van der Waals surface area (Å²) in [5.41, 5.74) is 0.974. The van der Waals surface area contributed by atoms with E-state index in [-0.39, 0.29) is 31.0 Å². The van der Waals surface area contributed by atoms with Gasteiger partial charge in [-0.3, -0.25) is 0 Å². The predicted molar refractivity (Wildman–Crippen MR) is 164 cm³/mol. The average Bonchev–Trinajstić information content (AvgIpc) is 3.59. The van der Waals surface area contributed by atoms with Crippen molar-refractivity contribution in [2.75, 3.05) is 26.3 Å². The number of aliphatic hydroxyl groups is 1. The van der Waals surface area contributed by atoms with Gasteiger partial charge in [0, 0.05) is 32.5 Å². The van der Waals surface area contributed by atoms with Crippen molar-refractivity contribution in [3.8, 4) is 5.75 Å². The Morgan fingerprint density at radius 1 is 1.05 bits per heavy atom. The van der Waals surface area contributed by atoms with E-state index in [1.165, 1.54) is 0 Å². The molecule has 3 unspecified atom stereocenters. The van der Waals surface area contributed by atoms with E-state index in [2.05, 4.69) is 5.32 Å². The number of aliphatic hydroxyl groups excluding tert-OH is 1. The molecule has 0 bridgehead atoms. The Balaban J connectivity index is 1.26. The first-order valence-corrected chi connectivity index (χ1v) is 16.8. The standard InChI is InChI=1S/C33H46N2O7S/c1-23(2)21-35(43(38)28-12-8-11-26(19-28)41-32-13-6-7-15-40-32)22-30(36)29(17-24-9-4-3-5-10-24)34-33(37)42-27-18-25-14-16-39-31(25)20-27/h3-5,8-12,19,23,25,27,29-32,36H,6-7,13-18,20-22H2,1-2H3,(H,34,37)/t25-,27?,29-,30+,31+,32?,43?/m0/s1. The van der Waals surface area contributed by atoms with Crippen LogP contribution in [0.15, 0.2) is 59.5 Å². The highest BCUT2D eigenvalue weighted by Gasteiger charge is 2.40. The fourth-order valence-corrected chi connectivity index (χ4v) is 7.65. The number of ether oxygens (including phenoxy) is 4. The number of hydrogen-bond donors (Lipinski definition) is 2. The zero-order valence-corrected chi connectivity index (χ0v) is 26.1. The number of fused-ring (bicyclic) bond motifs is 1. The van der Waals surface area contributed by atoms with Crippen molar-refractivity contribution >= 4 is 17.1 Å². The number of nitrogens with one attached hydrogen (secondary N) is 1. The molecule has 7 atom stereocenters. The van der Waals surface area contributed by atoms with Gasteiger partial charge in [0.1, 0.15) is 22.8 Å². The summed E-state index contributed by atoms with van der Waals surface area (Å²) >= 11 is 0. The van der Waals surface area contributed by atoms with Gasteiger partial charge in [0.15, 0.2) is 6.29 Å². The summed E-state index contributed by atoms with van der Waals surface area (Å²) in [7, 11) is -1.57. The molecule has 1 aliphatic carbocycles. The first-order chi connectivity index (χ1) is 20.8. The summed E-state index contributed by atoms with van der Waals surface area (Å²) in [6.45, 7) is 6.15. The second-order valence-corrected chi connectivity index (χ2v) is 13.8. The third-order valence-corrected chi connectivity index (χ3v) is 9.78. The molecule has 2 heterocycles. The van der Waals surface area contributed by atoms with E-state index in [4.69, 9.17) is 18.9 Å². The Hall–Kier alpha value is -2.50. The van der Waals surface area contributed by atoms with Crippen molar-refractivity contribution in [2.24, 2.45) is 11.8 Å². The van der Waals surface area contributed by atoms with Crippen molar-refractivity contribution in [3.63, 3.8) is 0 Å². The maximum atomic E-state index is 13.9. The molecule has 236 valence electrons. The summed E-state index contributed by atoms with van der Waals surface area (Å²) in [5, 5.41) is 14.5. The smallest absolute Gasteiger partial charge is 0.407 e. The minimum atomic E-state index is -1.57. The van der Waals surface area contributed by atoms with E-state index in [0.29, 0.717) is 42.6 Å². The fraction of sp³-hybridized carbons (Fsp3) is 0.606. The Morgan fingerprint density at radius 2 is 1.88 bits per heavy atom. The number of carbonyl (C=O) groups excluding carboxylic acids is 1. The van der Waals surface area contributed by atoms with Crippen molar-refractivity contribution in [3.05, 3.63) is 60.2 Å². The van der Waals surface area contributed by atoms with Gasteiger partial charge in [-0.05, 0) is 67.7 Å². The normalized spacial score (nSPS) is 25.7. The summed E-state index contributed by atoms with van der Waals surface area (Å²) < 4.78 is 39.0. The molecule has 1 amide bonds. The lowest BCUT2D eigenvalue weighted by Crippen LogP contribution is -2.50. The second-order valence-electron chi connectivity index (χ2n) is 12.3. The Kier molecular flexibility index (Phi) is 11.5. The van der Waals surface area contributed by atoms with Gasteiger partial charge in [-0.25, -0.2) is 13.3 Å². The second kappa shape index (κ2) is 15.5. The van der Waals surface area contributed by atoms with Gasteiger partial charge in [0.2, 0.25) is 0 Å². The molecule has 2 N–H and O–H groups in total. The van der Waals surface area contributed by atoms with E-state index in [0.717, 1.165) is 44.3 Å². The van der Waals surface area contributed by atoms with E-state index in [9.17, 15) is 14.1 Å². The van der Waals surface area contributed by atoms with Crippen LogP contribution in [0.25, 0.3) is 0 Å². The summed E-state index contributed by atoms with van der Waals surface area (Å²) in [5.74, 6) is 1.25. The number of alkyl carbamates (subject to hydrolysis) is 1. The van der Waals surface area contributed by atoms with E-state index in [1.807, 2.05) is 62.4 Å². The molecule has 3 aliphatic rings. The van der Waals surface area contributed by atoms with Gasteiger partial charge in [0.25, 0.3) is 0 Å². The van der Waals surface area contributed by atoms with Crippen LogP contribution in [-0.2, 0) is 31.6 Å². The highest BCUT2D eigenvalue weighted by Crippen LogP contribution is 2.37. The molecular formula is C33H46N2O7S. The van der Waals surface area contributed by atoms with Crippen molar-refractivity contribution in [2.45, 2.75) is 94.3 Å². The maximum absolute atomic E-state index is 13.9. The lowest BCUT2D eigenvalue weighted by atomic mass is 10.0. The number of amides is 1. The number of nitrogens with zero attached hydrogens (tertiary/aromatic N) is 1. The summed E-state index contributed by atoms with van der Waals surface area (Å²) in [6, 6.07) is 16.3. The molecule has 10 heteroatoms.